The molecule has 5 heteroatoms. The van der Waals surface area contributed by atoms with E-state index in [0.29, 0.717) is 10.7 Å². The number of nitrogens with two attached hydrogens (primary N) is 1. The van der Waals surface area contributed by atoms with Crippen LogP contribution in [0.1, 0.15) is 30.5 Å². The van der Waals surface area contributed by atoms with Gasteiger partial charge < -0.3 is 15.7 Å². The minimum absolute atomic E-state index is 0.283. The second kappa shape index (κ2) is 8.13. The number of unbranched alkanes of at least 4 members (excludes halogenated alkanes) is 2. The van der Waals surface area contributed by atoms with Crippen molar-refractivity contribution in [1.82, 2.24) is 9.88 Å². The van der Waals surface area contributed by atoms with Gasteiger partial charge in [0.2, 0.25) is 0 Å². The van der Waals surface area contributed by atoms with E-state index in [1.807, 2.05) is 12.1 Å². The summed E-state index contributed by atoms with van der Waals surface area (Å²) >= 11 is 4.91. The van der Waals surface area contributed by atoms with Crippen molar-refractivity contribution < 1.29 is 5.11 Å². The molecule has 100 valence electrons. The maximum Gasteiger partial charge on any atom is 0.122 e. The number of aliphatic hydroxyl groups is 1. The Morgan fingerprint density at radius 2 is 2.22 bits per heavy atom. The van der Waals surface area contributed by atoms with Crippen LogP contribution in [0, 0.1) is 0 Å². The molecule has 1 aromatic rings. The van der Waals surface area contributed by atoms with Gasteiger partial charge in [-0.3, -0.25) is 4.98 Å². The second-order valence-electron chi connectivity index (χ2n) is 4.44. The van der Waals surface area contributed by atoms with Gasteiger partial charge in [0.25, 0.3) is 0 Å². The van der Waals surface area contributed by atoms with Crippen molar-refractivity contribution in [2.45, 2.75) is 25.8 Å². The summed E-state index contributed by atoms with van der Waals surface area (Å²) in [6, 6.07) is 3.92. The molecule has 1 aromatic heterocycles. The van der Waals surface area contributed by atoms with E-state index in [1.54, 1.807) is 6.20 Å². The Labute approximate surface area is 114 Å². The van der Waals surface area contributed by atoms with E-state index in [9.17, 15) is 0 Å². The highest BCUT2D eigenvalue weighted by molar-refractivity contribution is 7.80. The highest BCUT2D eigenvalue weighted by Crippen LogP contribution is 2.06. The average molecular weight is 267 g/mol. The first-order chi connectivity index (χ1) is 8.63. The lowest BCUT2D eigenvalue weighted by atomic mass is 10.2. The highest BCUT2D eigenvalue weighted by atomic mass is 32.1. The lowest BCUT2D eigenvalue weighted by Gasteiger charge is -2.16. The standard InChI is InChI=1S/C13H21N3OS/c1-16(7-3-2-4-8-17)10-11-5-6-15-12(9-11)13(14)18/h5-6,9,17H,2-4,7-8,10H2,1H3,(H2,14,18). The Morgan fingerprint density at radius 3 is 2.89 bits per heavy atom. The topological polar surface area (TPSA) is 62.4 Å². The molecule has 18 heavy (non-hydrogen) atoms. The van der Waals surface area contributed by atoms with E-state index >= 15 is 0 Å². The zero-order valence-electron chi connectivity index (χ0n) is 10.8. The highest BCUT2D eigenvalue weighted by Gasteiger charge is 2.03. The fourth-order valence-electron chi connectivity index (χ4n) is 1.77. The predicted molar refractivity (Wildman–Crippen MR) is 77.4 cm³/mol. The third-order valence-electron chi connectivity index (χ3n) is 2.73. The molecule has 1 rings (SSSR count). The molecule has 0 bridgehead atoms. The SMILES string of the molecule is CN(CCCCCO)Cc1ccnc(C(N)=S)c1. The second-order valence-corrected chi connectivity index (χ2v) is 4.88. The Balaban J connectivity index is 2.41. The van der Waals surface area contributed by atoms with Crippen molar-refractivity contribution in [3.05, 3.63) is 29.6 Å². The molecule has 0 amide bonds. The van der Waals surface area contributed by atoms with Crippen LogP contribution in [0.15, 0.2) is 18.3 Å². The third-order valence-corrected chi connectivity index (χ3v) is 2.94. The van der Waals surface area contributed by atoms with E-state index in [4.69, 9.17) is 23.1 Å². The van der Waals surface area contributed by atoms with Gasteiger partial charge in [-0.15, -0.1) is 0 Å². The lowest BCUT2D eigenvalue weighted by molar-refractivity contribution is 0.271. The van der Waals surface area contributed by atoms with Crippen LogP contribution in [0.4, 0.5) is 0 Å². The van der Waals surface area contributed by atoms with Crippen molar-refractivity contribution >= 4 is 17.2 Å². The van der Waals surface area contributed by atoms with Crippen molar-refractivity contribution in [2.24, 2.45) is 5.73 Å². The number of aliphatic hydroxyl groups excluding tert-OH is 1. The summed E-state index contributed by atoms with van der Waals surface area (Å²) in [5, 5.41) is 8.70. The van der Waals surface area contributed by atoms with Gasteiger partial charge in [-0.2, -0.15) is 0 Å². The summed E-state index contributed by atoms with van der Waals surface area (Å²) in [7, 11) is 2.08. The van der Waals surface area contributed by atoms with Crippen LogP contribution in [0.5, 0.6) is 0 Å². The number of thiocarbonyl (C=S) groups is 1. The number of pyridine rings is 1. The molecule has 0 radical (unpaired) electrons. The molecule has 0 saturated carbocycles. The van der Waals surface area contributed by atoms with Gasteiger partial charge in [-0.1, -0.05) is 12.2 Å². The molecule has 4 nitrogen and oxygen atoms in total. The maximum atomic E-state index is 8.70. The van der Waals surface area contributed by atoms with Crippen LogP contribution < -0.4 is 5.73 Å². The van der Waals surface area contributed by atoms with E-state index < -0.39 is 0 Å². The summed E-state index contributed by atoms with van der Waals surface area (Å²) in [4.78, 5) is 6.70. The Hall–Kier alpha value is -1.04. The monoisotopic (exact) mass is 267 g/mol. The van der Waals surface area contributed by atoms with Crippen molar-refractivity contribution in [1.29, 1.82) is 0 Å². The lowest BCUT2D eigenvalue weighted by Crippen LogP contribution is -2.20. The molecule has 1 heterocycles. The van der Waals surface area contributed by atoms with Crippen LogP contribution >= 0.6 is 12.2 Å². The molecule has 0 aromatic carbocycles. The van der Waals surface area contributed by atoms with Crippen LogP contribution in [-0.4, -0.2) is 40.2 Å². The fraction of sp³-hybridized carbons (Fsp3) is 0.538. The van der Waals surface area contributed by atoms with Gasteiger partial charge in [0.1, 0.15) is 4.99 Å². The van der Waals surface area contributed by atoms with Gasteiger partial charge in [0.05, 0.1) is 5.69 Å². The van der Waals surface area contributed by atoms with E-state index in [0.717, 1.165) is 37.9 Å². The Kier molecular flexibility index (Phi) is 6.78. The molecule has 0 spiro atoms. The minimum Gasteiger partial charge on any atom is -0.396 e. The zero-order valence-corrected chi connectivity index (χ0v) is 11.6. The molecule has 0 unspecified atom stereocenters. The van der Waals surface area contributed by atoms with E-state index in [-0.39, 0.29) is 6.61 Å². The van der Waals surface area contributed by atoms with Crippen LogP contribution in [0.25, 0.3) is 0 Å². The summed E-state index contributed by atoms with van der Waals surface area (Å²) in [6.45, 7) is 2.16. The third kappa shape index (κ3) is 5.53. The van der Waals surface area contributed by atoms with Crippen LogP contribution in [0.2, 0.25) is 0 Å². The molecular weight excluding hydrogens is 246 g/mol. The molecule has 0 aliphatic carbocycles. The minimum atomic E-state index is 0.283. The zero-order chi connectivity index (χ0) is 13.4. The quantitative estimate of drug-likeness (QED) is 0.549. The smallest absolute Gasteiger partial charge is 0.122 e. The Bertz CT molecular complexity index is 384. The molecule has 0 saturated heterocycles. The molecule has 0 fully saturated rings. The molecule has 0 aliphatic heterocycles. The van der Waals surface area contributed by atoms with Crippen molar-refractivity contribution in [3.63, 3.8) is 0 Å². The Morgan fingerprint density at radius 1 is 1.44 bits per heavy atom. The van der Waals surface area contributed by atoms with Gasteiger partial charge in [0.15, 0.2) is 0 Å². The summed E-state index contributed by atoms with van der Waals surface area (Å²) in [5.74, 6) is 0. The van der Waals surface area contributed by atoms with Gasteiger partial charge >= 0.3 is 0 Å². The van der Waals surface area contributed by atoms with Gasteiger partial charge in [-0.05, 0) is 50.6 Å². The first-order valence-corrected chi connectivity index (χ1v) is 6.58. The van der Waals surface area contributed by atoms with Crippen LogP contribution in [-0.2, 0) is 6.54 Å². The largest absolute Gasteiger partial charge is 0.396 e. The average Bonchev–Trinajstić information content (AvgIpc) is 2.35. The molecule has 0 aliphatic rings. The molecule has 3 N–H and O–H groups in total. The summed E-state index contributed by atoms with van der Waals surface area (Å²) in [6.07, 6.45) is 4.79. The van der Waals surface area contributed by atoms with Crippen molar-refractivity contribution in [3.8, 4) is 0 Å². The molecular formula is C13H21N3OS. The molecule has 0 atom stereocenters. The van der Waals surface area contributed by atoms with Gasteiger partial charge in [0, 0.05) is 19.3 Å². The summed E-state index contributed by atoms with van der Waals surface area (Å²) in [5.41, 5.74) is 7.40. The maximum absolute atomic E-state index is 8.70. The van der Waals surface area contributed by atoms with Crippen molar-refractivity contribution in [2.75, 3.05) is 20.2 Å². The summed E-state index contributed by atoms with van der Waals surface area (Å²) < 4.78 is 0. The number of hydrogen-bond acceptors (Lipinski definition) is 4. The van der Waals surface area contributed by atoms with E-state index in [1.165, 1.54) is 0 Å². The number of nitrogens with zero attached hydrogens (tertiary/aromatic N) is 2. The normalized spacial score (nSPS) is 10.8. The first kappa shape index (κ1) is 15.0. The van der Waals surface area contributed by atoms with Gasteiger partial charge in [-0.25, -0.2) is 0 Å². The number of aromatic nitrogens is 1. The predicted octanol–water partition coefficient (Wildman–Crippen LogP) is 1.31. The number of rotatable bonds is 8. The number of hydrogen-bond donors (Lipinski definition) is 2. The van der Waals surface area contributed by atoms with Crippen LogP contribution in [0.3, 0.4) is 0 Å². The first-order valence-electron chi connectivity index (χ1n) is 6.17. The fourth-order valence-corrected chi connectivity index (χ4v) is 1.88. The van der Waals surface area contributed by atoms with E-state index in [2.05, 4.69) is 16.9 Å².